The largest absolute Gasteiger partial charge is 0.382 e. The van der Waals surface area contributed by atoms with Crippen LogP contribution in [0.25, 0.3) is 0 Å². The van der Waals surface area contributed by atoms with E-state index in [1.165, 1.54) is 12.0 Å². The molecule has 1 aromatic carbocycles. The molecule has 0 saturated carbocycles. The molecule has 1 N–H and O–H groups in total. The Hall–Kier alpha value is -1.59. The third-order valence-corrected chi connectivity index (χ3v) is 3.71. The lowest BCUT2D eigenvalue weighted by atomic mass is 10.0. The molecule has 0 spiro atoms. The molecule has 5 nitrogen and oxygen atoms in total. The number of hydrogen-bond donors (Lipinski definition) is 1. The van der Waals surface area contributed by atoms with Crippen LogP contribution in [0.2, 0.25) is 5.02 Å². The van der Waals surface area contributed by atoms with Gasteiger partial charge in [-0.1, -0.05) is 29.8 Å². The van der Waals surface area contributed by atoms with Gasteiger partial charge in [0.15, 0.2) is 0 Å². The van der Waals surface area contributed by atoms with Gasteiger partial charge in [-0.25, -0.2) is 4.79 Å². The number of methoxy groups -OCH3 is 1. The Morgan fingerprint density at radius 3 is 2.70 bits per heavy atom. The van der Waals surface area contributed by atoms with Gasteiger partial charge in [-0.3, -0.25) is 9.69 Å². The molecule has 108 valence electrons. The molecule has 0 unspecified atom stereocenters. The van der Waals surface area contributed by atoms with Crippen LogP contribution in [0.3, 0.4) is 0 Å². The van der Waals surface area contributed by atoms with Crippen molar-refractivity contribution in [2.75, 3.05) is 20.3 Å². The van der Waals surface area contributed by atoms with Crippen LogP contribution in [0.1, 0.15) is 12.5 Å². The van der Waals surface area contributed by atoms with E-state index in [9.17, 15) is 9.59 Å². The molecule has 2 rings (SSSR count). The van der Waals surface area contributed by atoms with Crippen LogP contribution in [-0.2, 0) is 16.0 Å². The number of benzene rings is 1. The predicted octanol–water partition coefficient (Wildman–Crippen LogP) is 1.84. The molecule has 1 saturated heterocycles. The Kier molecular flexibility index (Phi) is 4.30. The number of halogens is 1. The van der Waals surface area contributed by atoms with Gasteiger partial charge in [0.05, 0.1) is 6.61 Å². The number of hydrogen-bond acceptors (Lipinski definition) is 3. The number of carbonyl (C=O) groups excluding carboxylic acids is 2. The van der Waals surface area contributed by atoms with E-state index >= 15 is 0 Å². The molecule has 0 radical (unpaired) electrons. The fourth-order valence-corrected chi connectivity index (χ4v) is 2.50. The SMILES string of the molecule is COC[C@@]1(C)NC(=O)N(CCc2ccccc2Cl)C1=O. The van der Waals surface area contributed by atoms with Crippen molar-refractivity contribution in [3.63, 3.8) is 0 Å². The van der Waals surface area contributed by atoms with Crippen molar-refractivity contribution in [1.29, 1.82) is 0 Å². The molecule has 0 aromatic heterocycles. The number of nitrogens with zero attached hydrogens (tertiary/aromatic N) is 1. The Labute approximate surface area is 122 Å². The van der Waals surface area contributed by atoms with Crippen LogP contribution in [0.4, 0.5) is 4.79 Å². The fraction of sp³-hybridized carbons (Fsp3) is 0.429. The Balaban J connectivity index is 2.05. The van der Waals surface area contributed by atoms with Crippen molar-refractivity contribution in [3.8, 4) is 0 Å². The third-order valence-electron chi connectivity index (χ3n) is 3.34. The van der Waals surface area contributed by atoms with Gasteiger partial charge in [0.1, 0.15) is 5.54 Å². The van der Waals surface area contributed by atoms with E-state index < -0.39 is 5.54 Å². The van der Waals surface area contributed by atoms with Gasteiger partial charge in [0.25, 0.3) is 5.91 Å². The maximum absolute atomic E-state index is 12.3. The summed E-state index contributed by atoms with van der Waals surface area (Å²) in [5, 5.41) is 3.30. The van der Waals surface area contributed by atoms with Crippen molar-refractivity contribution in [1.82, 2.24) is 10.2 Å². The first-order valence-corrected chi connectivity index (χ1v) is 6.72. The zero-order valence-corrected chi connectivity index (χ0v) is 12.2. The third kappa shape index (κ3) is 2.78. The molecule has 1 aliphatic heterocycles. The molecule has 1 atom stereocenters. The van der Waals surface area contributed by atoms with E-state index in [1.54, 1.807) is 13.0 Å². The Morgan fingerprint density at radius 2 is 2.05 bits per heavy atom. The lowest BCUT2D eigenvalue weighted by Gasteiger charge is -2.20. The van der Waals surface area contributed by atoms with E-state index in [2.05, 4.69) is 5.32 Å². The van der Waals surface area contributed by atoms with Crippen LogP contribution in [0, 0.1) is 0 Å². The summed E-state index contributed by atoms with van der Waals surface area (Å²) in [5.74, 6) is -0.267. The first-order chi connectivity index (χ1) is 9.48. The normalized spacial score (nSPS) is 22.2. The molecule has 1 aromatic rings. The Morgan fingerprint density at radius 1 is 1.35 bits per heavy atom. The van der Waals surface area contributed by atoms with E-state index in [0.29, 0.717) is 18.0 Å². The summed E-state index contributed by atoms with van der Waals surface area (Å²) >= 11 is 6.06. The summed E-state index contributed by atoms with van der Waals surface area (Å²) in [6.07, 6.45) is 0.530. The van der Waals surface area contributed by atoms with E-state index in [4.69, 9.17) is 16.3 Å². The molecule has 3 amide bonds. The maximum Gasteiger partial charge on any atom is 0.325 e. The van der Waals surface area contributed by atoms with Crippen LogP contribution < -0.4 is 5.32 Å². The highest BCUT2D eigenvalue weighted by atomic mass is 35.5. The number of rotatable bonds is 5. The minimum absolute atomic E-state index is 0.153. The first kappa shape index (κ1) is 14.8. The van der Waals surface area contributed by atoms with E-state index in [1.807, 2.05) is 18.2 Å². The zero-order valence-electron chi connectivity index (χ0n) is 11.5. The molecular formula is C14H17ClN2O3. The minimum atomic E-state index is -0.980. The van der Waals surface area contributed by atoms with Crippen molar-refractivity contribution < 1.29 is 14.3 Å². The van der Waals surface area contributed by atoms with Crippen LogP contribution in [-0.4, -0.2) is 42.6 Å². The second-order valence-corrected chi connectivity index (χ2v) is 5.40. The second-order valence-electron chi connectivity index (χ2n) is 4.99. The average molecular weight is 297 g/mol. The fourth-order valence-electron chi connectivity index (χ4n) is 2.27. The lowest BCUT2D eigenvalue weighted by Crippen LogP contribution is -2.48. The molecule has 6 heteroatoms. The summed E-state index contributed by atoms with van der Waals surface area (Å²) in [6.45, 7) is 2.11. The number of nitrogens with one attached hydrogen (secondary N) is 1. The van der Waals surface area contributed by atoms with Crippen LogP contribution in [0.15, 0.2) is 24.3 Å². The molecule has 0 bridgehead atoms. The molecular weight excluding hydrogens is 280 g/mol. The number of urea groups is 1. The molecule has 0 aliphatic carbocycles. The zero-order chi connectivity index (χ0) is 14.8. The predicted molar refractivity (Wildman–Crippen MR) is 75.7 cm³/mol. The van der Waals surface area contributed by atoms with Gasteiger partial charge in [0, 0.05) is 18.7 Å². The van der Waals surface area contributed by atoms with Gasteiger partial charge in [-0.05, 0) is 25.0 Å². The topological polar surface area (TPSA) is 58.6 Å². The summed E-state index contributed by atoms with van der Waals surface area (Å²) in [6, 6.07) is 7.01. The van der Waals surface area contributed by atoms with Crippen LogP contribution >= 0.6 is 11.6 Å². The maximum atomic E-state index is 12.3. The number of carbonyl (C=O) groups is 2. The molecule has 1 heterocycles. The smallest absolute Gasteiger partial charge is 0.325 e. The van der Waals surface area contributed by atoms with Crippen molar-refractivity contribution in [3.05, 3.63) is 34.9 Å². The number of imide groups is 1. The summed E-state index contributed by atoms with van der Waals surface area (Å²) in [7, 11) is 1.50. The van der Waals surface area contributed by atoms with Gasteiger partial charge in [0.2, 0.25) is 0 Å². The summed E-state index contributed by atoms with van der Waals surface area (Å²) in [5.41, 5.74) is -0.0677. The van der Waals surface area contributed by atoms with Gasteiger partial charge in [-0.15, -0.1) is 0 Å². The van der Waals surface area contributed by atoms with Crippen LogP contribution in [0.5, 0.6) is 0 Å². The quantitative estimate of drug-likeness (QED) is 0.844. The average Bonchev–Trinajstić information content (AvgIpc) is 2.60. The number of amides is 3. The van der Waals surface area contributed by atoms with E-state index in [-0.39, 0.29) is 18.5 Å². The van der Waals surface area contributed by atoms with Gasteiger partial charge >= 0.3 is 6.03 Å². The highest BCUT2D eigenvalue weighted by Crippen LogP contribution is 2.20. The first-order valence-electron chi connectivity index (χ1n) is 6.34. The second kappa shape index (κ2) is 5.81. The Bertz CT molecular complexity index is 535. The molecule has 1 fully saturated rings. The monoisotopic (exact) mass is 296 g/mol. The summed E-state index contributed by atoms with van der Waals surface area (Å²) in [4.78, 5) is 25.4. The highest BCUT2D eigenvalue weighted by Gasteiger charge is 2.47. The highest BCUT2D eigenvalue weighted by molar-refractivity contribution is 6.31. The van der Waals surface area contributed by atoms with E-state index in [0.717, 1.165) is 5.56 Å². The standard InChI is InChI=1S/C14H17ClN2O3/c1-14(9-20-2)12(18)17(13(19)16-14)8-7-10-5-3-4-6-11(10)15/h3-6H,7-9H2,1-2H3,(H,16,19)/t14-/m1/s1. The van der Waals surface area contributed by atoms with Crippen molar-refractivity contribution in [2.45, 2.75) is 18.9 Å². The lowest BCUT2D eigenvalue weighted by molar-refractivity contribution is -0.132. The molecule has 1 aliphatic rings. The van der Waals surface area contributed by atoms with Gasteiger partial charge < -0.3 is 10.1 Å². The minimum Gasteiger partial charge on any atom is -0.382 e. The molecule has 20 heavy (non-hydrogen) atoms. The van der Waals surface area contributed by atoms with Crippen molar-refractivity contribution in [2.24, 2.45) is 0 Å². The van der Waals surface area contributed by atoms with Gasteiger partial charge in [-0.2, -0.15) is 0 Å². The van der Waals surface area contributed by atoms with Crippen molar-refractivity contribution >= 4 is 23.5 Å². The summed E-state index contributed by atoms with van der Waals surface area (Å²) < 4.78 is 4.99. The number of ether oxygens (including phenoxy) is 1.